The van der Waals surface area contributed by atoms with Gasteiger partial charge in [-0.3, -0.25) is 4.98 Å². The molecule has 4 heteroatoms. The van der Waals surface area contributed by atoms with E-state index in [9.17, 15) is 0 Å². The molecule has 1 N–H and O–H groups in total. The minimum Gasteiger partial charge on any atom is -0.493 e. The lowest BCUT2D eigenvalue weighted by atomic mass is 9.90. The number of aryl methyl sites for hydroxylation is 1. The Labute approximate surface area is 189 Å². The fourth-order valence-electron chi connectivity index (χ4n) is 3.73. The first-order valence-corrected chi connectivity index (χ1v) is 11.7. The number of nitrogens with zero attached hydrogens (tertiary/aromatic N) is 2. The Morgan fingerprint density at radius 3 is 2.58 bits per heavy atom. The third-order valence-corrected chi connectivity index (χ3v) is 5.67. The quantitative estimate of drug-likeness (QED) is 0.562. The van der Waals surface area contributed by atoms with Crippen LogP contribution in [0.3, 0.4) is 0 Å². The minimum atomic E-state index is 0.574. The number of ether oxygens (including phenoxy) is 1. The first-order valence-electron chi connectivity index (χ1n) is 11.7. The summed E-state index contributed by atoms with van der Waals surface area (Å²) < 4.78 is 5.98. The molecule has 3 rings (SSSR count). The highest BCUT2D eigenvalue weighted by Crippen LogP contribution is 2.26. The topological polar surface area (TPSA) is 37.4 Å². The highest BCUT2D eigenvalue weighted by atomic mass is 16.5. The van der Waals surface area contributed by atoms with Gasteiger partial charge in [0.15, 0.2) is 0 Å². The zero-order valence-corrected chi connectivity index (χ0v) is 19.7. The van der Waals surface area contributed by atoms with Crippen LogP contribution in [0.1, 0.15) is 44.2 Å². The van der Waals surface area contributed by atoms with E-state index in [0.717, 1.165) is 36.8 Å². The maximum absolute atomic E-state index is 5.98. The summed E-state index contributed by atoms with van der Waals surface area (Å²) in [6, 6.07) is 12.4. The van der Waals surface area contributed by atoms with Crippen LogP contribution >= 0.6 is 0 Å². The van der Waals surface area contributed by atoms with Gasteiger partial charge in [-0.25, -0.2) is 0 Å². The highest BCUT2D eigenvalue weighted by molar-refractivity contribution is 5.44. The molecule has 1 aliphatic heterocycles. The van der Waals surface area contributed by atoms with E-state index in [0.29, 0.717) is 5.92 Å². The molecule has 0 spiro atoms. The molecule has 1 aliphatic rings. The van der Waals surface area contributed by atoms with E-state index < -0.39 is 0 Å². The van der Waals surface area contributed by atoms with E-state index in [-0.39, 0.29) is 0 Å². The standard InChI is InChI=1S/C20H34N2O.C7H7N/c1-17(2)16-23-20-7-5-4-6-19(20)9-8-18-10-13-22(14-11-18)15-12-21-3;1-2-7-4-3-5-8-6-7/h4-7,17-18,21H,8-16H2,1-3H3;2-6H,1H2. The smallest absolute Gasteiger partial charge is 0.122 e. The zero-order chi connectivity index (χ0) is 22.3. The number of hydrogen-bond donors (Lipinski definition) is 1. The molecular formula is C27H41N3O. The van der Waals surface area contributed by atoms with Crippen molar-refractivity contribution in [2.45, 2.75) is 39.5 Å². The van der Waals surface area contributed by atoms with Gasteiger partial charge in [-0.2, -0.15) is 0 Å². The van der Waals surface area contributed by atoms with E-state index in [2.05, 4.69) is 59.9 Å². The number of rotatable bonds is 10. The first-order chi connectivity index (χ1) is 15.1. The van der Waals surface area contributed by atoms with Crippen molar-refractivity contribution < 1.29 is 4.74 Å². The van der Waals surface area contributed by atoms with Gasteiger partial charge in [0.05, 0.1) is 6.61 Å². The van der Waals surface area contributed by atoms with Crippen molar-refractivity contribution in [3.63, 3.8) is 0 Å². The lowest BCUT2D eigenvalue weighted by molar-refractivity contribution is 0.180. The summed E-state index contributed by atoms with van der Waals surface area (Å²) in [4.78, 5) is 6.47. The number of piperidine rings is 1. The average Bonchev–Trinajstić information content (AvgIpc) is 2.82. The van der Waals surface area contributed by atoms with Crippen LogP contribution in [-0.2, 0) is 6.42 Å². The van der Waals surface area contributed by atoms with Crippen LogP contribution in [-0.4, -0.2) is 49.7 Å². The zero-order valence-electron chi connectivity index (χ0n) is 19.7. The van der Waals surface area contributed by atoms with E-state index in [1.807, 2.05) is 19.2 Å². The van der Waals surface area contributed by atoms with Gasteiger partial charge in [-0.15, -0.1) is 0 Å². The molecule has 2 heterocycles. The molecule has 0 aliphatic carbocycles. The van der Waals surface area contributed by atoms with Crippen LogP contribution in [0.15, 0.2) is 55.4 Å². The van der Waals surface area contributed by atoms with Gasteiger partial charge in [0.2, 0.25) is 0 Å². The van der Waals surface area contributed by atoms with Gasteiger partial charge in [-0.05, 0) is 80.9 Å². The van der Waals surface area contributed by atoms with Gasteiger partial charge in [0.1, 0.15) is 5.75 Å². The summed E-state index contributed by atoms with van der Waals surface area (Å²) >= 11 is 0. The SMILES string of the molecule is C=Cc1cccnc1.CNCCN1CCC(CCc2ccccc2OCC(C)C)CC1. The summed E-state index contributed by atoms with van der Waals surface area (Å²) in [7, 11) is 2.03. The van der Waals surface area contributed by atoms with Crippen molar-refractivity contribution in [2.24, 2.45) is 11.8 Å². The van der Waals surface area contributed by atoms with Gasteiger partial charge in [0.25, 0.3) is 0 Å². The van der Waals surface area contributed by atoms with E-state index >= 15 is 0 Å². The fourth-order valence-corrected chi connectivity index (χ4v) is 3.73. The largest absolute Gasteiger partial charge is 0.493 e. The second-order valence-corrected chi connectivity index (χ2v) is 8.73. The molecule has 0 saturated carbocycles. The predicted octanol–water partition coefficient (Wildman–Crippen LogP) is 5.31. The third kappa shape index (κ3) is 10.1. The Morgan fingerprint density at radius 1 is 1.19 bits per heavy atom. The molecule has 1 saturated heterocycles. The van der Waals surface area contributed by atoms with E-state index in [1.165, 1.54) is 44.5 Å². The van der Waals surface area contributed by atoms with Crippen LogP contribution in [0.5, 0.6) is 5.75 Å². The van der Waals surface area contributed by atoms with Crippen LogP contribution < -0.4 is 10.1 Å². The Balaban J connectivity index is 0.000000357. The predicted molar refractivity (Wildman–Crippen MR) is 133 cm³/mol. The van der Waals surface area contributed by atoms with Crippen LogP contribution in [0.2, 0.25) is 0 Å². The van der Waals surface area contributed by atoms with Crippen molar-refractivity contribution in [1.29, 1.82) is 0 Å². The third-order valence-electron chi connectivity index (χ3n) is 5.67. The summed E-state index contributed by atoms with van der Waals surface area (Å²) in [5, 5.41) is 3.24. The number of pyridine rings is 1. The van der Waals surface area contributed by atoms with Crippen molar-refractivity contribution in [3.8, 4) is 5.75 Å². The molecular weight excluding hydrogens is 382 g/mol. The van der Waals surface area contributed by atoms with Gasteiger partial charge < -0.3 is 15.0 Å². The molecule has 31 heavy (non-hydrogen) atoms. The first kappa shape index (κ1) is 25.1. The molecule has 0 amide bonds. The second kappa shape index (κ2) is 14.8. The average molecular weight is 424 g/mol. The van der Waals surface area contributed by atoms with E-state index in [1.54, 1.807) is 18.5 Å². The summed E-state index contributed by atoms with van der Waals surface area (Å²) in [6.07, 6.45) is 10.4. The second-order valence-electron chi connectivity index (χ2n) is 8.73. The number of benzene rings is 1. The monoisotopic (exact) mass is 423 g/mol. The lowest BCUT2D eigenvalue weighted by Crippen LogP contribution is -2.37. The Morgan fingerprint density at radius 2 is 1.97 bits per heavy atom. The molecule has 2 aromatic rings. The molecule has 1 fully saturated rings. The molecule has 1 aromatic carbocycles. The van der Waals surface area contributed by atoms with Crippen LogP contribution in [0.4, 0.5) is 0 Å². The molecule has 1 aromatic heterocycles. The number of aromatic nitrogens is 1. The summed E-state index contributed by atoms with van der Waals surface area (Å²) in [5.74, 6) is 2.54. The molecule has 0 bridgehead atoms. The highest BCUT2D eigenvalue weighted by Gasteiger charge is 2.19. The Kier molecular flexibility index (Phi) is 12.0. The molecule has 0 atom stereocenters. The van der Waals surface area contributed by atoms with E-state index in [4.69, 9.17) is 4.74 Å². The molecule has 170 valence electrons. The van der Waals surface area contributed by atoms with Crippen molar-refractivity contribution >= 4 is 6.08 Å². The summed E-state index contributed by atoms with van der Waals surface area (Å²) in [6.45, 7) is 13.6. The fraction of sp³-hybridized carbons (Fsp3) is 0.519. The number of likely N-dealkylation sites (tertiary alicyclic amines) is 1. The Hall–Kier alpha value is -2.17. The Bertz CT molecular complexity index is 724. The van der Waals surface area contributed by atoms with Crippen molar-refractivity contribution in [3.05, 3.63) is 66.5 Å². The number of nitrogens with one attached hydrogen (secondary N) is 1. The number of hydrogen-bond acceptors (Lipinski definition) is 4. The maximum atomic E-state index is 5.98. The molecule has 4 nitrogen and oxygen atoms in total. The van der Waals surface area contributed by atoms with Gasteiger partial charge >= 0.3 is 0 Å². The van der Waals surface area contributed by atoms with Crippen molar-refractivity contribution in [1.82, 2.24) is 15.2 Å². The minimum absolute atomic E-state index is 0.574. The van der Waals surface area contributed by atoms with Crippen LogP contribution in [0, 0.1) is 11.8 Å². The molecule has 0 unspecified atom stereocenters. The number of para-hydroxylation sites is 1. The van der Waals surface area contributed by atoms with Crippen LogP contribution in [0.25, 0.3) is 6.08 Å². The van der Waals surface area contributed by atoms with Gasteiger partial charge in [-0.1, -0.05) is 50.8 Å². The number of likely N-dealkylation sites (N-methyl/N-ethyl adjacent to an activating group) is 1. The van der Waals surface area contributed by atoms with Crippen molar-refractivity contribution in [2.75, 3.05) is 39.8 Å². The van der Waals surface area contributed by atoms with Gasteiger partial charge in [0, 0.05) is 25.5 Å². The molecule has 0 radical (unpaired) electrons. The normalized spacial score (nSPS) is 14.7. The maximum Gasteiger partial charge on any atom is 0.122 e. The lowest BCUT2D eigenvalue weighted by Gasteiger charge is -2.32. The summed E-state index contributed by atoms with van der Waals surface area (Å²) in [5.41, 5.74) is 2.44.